The fourth-order valence-electron chi connectivity index (χ4n) is 17.8. The topological polar surface area (TPSA) is 9.86 Å². The van der Waals surface area contributed by atoms with Crippen molar-refractivity contribution in [2.24, 2.45) is 0 Å². The van der Waals surface area contributed by atoms with Crippen LogP contribution in [-0.2, 0) is 24.2 Å². The van der Waals surface area contributed by atoms with Gasteiger partial charge in [0.15, 0.2) is 0 Å². The molecule has 5 aliphatic rings. The highest BCUT2D eigenvalue weighted by Gasteiger charge is 2.59. The predicted octanol–water partition coefficient (Wildman–Crippen LogP) is 19.5. The number of nitrogens with zero attached hydrogens (tertiary/aromatic N) is 2. The lowest BCUT2D eigenvalue weighted by Gasteiger charge is -2.26. The van der Waals surface area contributed by atoms with Crippen LogP contribution < -0.4 is 10.4 Å². The number of para-hydroxylation sites is 3. The summed E-state index contributed by atoms with van der Waals surface area (Å²) in [6.45, 7) is 0. The molecule has 2 aliphatic carbocycles. The van der Waals surface area contributed by atoms with Crippen molar-refractivity contribution in [1.29, 1.82) is 0 Å². The molecule has 0 saturated carbocycles. The molecule has 0 atom stereocenters. The summed E-state index contributed by atoms with van der Waals surface area (Å²) in [5.74, 6) is 0. The zero-order valence-corrected chi connectivity index (χ0v) is 50.0. The molecule has 3 aliphatic heterocycles. The van der Waals surface area contributed by atoms with Crippen LogP contribution in [0.2, 0.25) is 5.67 Å². The Kier molecular flexibility index (Phi) is 9.82. The van der Waals surface area contributed by atoms with Crippen LogP contribution in [0.1, 0.15) is 22.3 Å². The van der Waals surface area contributed by atoms with Gasteiger partial charge in [-0.25, -0.2) is 0 Å². The Hall–Kier alpha value is -10.1. The Labute approximate surface area is 507 Å². The molecule has 0 unspecified atom stereocenters. The van der Waals surface area contributed by atoms with Gasteiger partial charge in [-0.05, 0) is 184 Å². The molecule has 20 rings (SSSR count). The summed E-state index contributed by atoms with van der Waals surface area (Å²) in [5, 5.41) is 8.60. The molecule has 406 valence electrons. The van der Waals surface area contributed by atoms with E-state index in [1.807, 2.05) is 0 Å². The van der Waals surface area contributed by atoms with Gasteiger partial charge in [0, 0.05) is 32.9 Å². The molecule has 0 amide bonds. The molecule has 0 N–H and O–H groups in total. The van der Waals surface area contributed by atoms with Gasteiger partial charge in [0.05, 0.1) is 38.2 Å². The van der Waals surface area contributed by atoms with Crippen LogP contribution in [-0.4, -0.2) is 25.3 Å². The summed E-state index contributed by atoms with van der Waals surface area (Å²) in [7, 11) is -4.58. The largest absolute Gasteiger partial charge is 0.309 e. The van der Waals surface area contributed by atoms with Crippen molar-refractivity contribution in [1.82, 2.24) is 9.13 Å². The minimum Gasteiger partial charge on any atom is -0.309 e. The smallest absolute Gasteiger partial charge is 0.0930 e. The summed E-state index contributed by atoms with van der Waals surface area (Å²) >= 11 is 0. The number of hydrogen-bond donors (Lipinski definition) is 0. The normalized spacial score (nSPS) is 14.9. The van der Waals surface area contributed by atoms with Gasteiger partial charge in [0.1, 0.15) is 0 Å². The van der Waals surface area contributed by atoms with Gasteiger partial charge in [-0.3, -0.25) is 0 Å². The fourth-order valence-corrected chi connectivity index (χ4v) is 35.6. The molecule has 0 radical (unpaired) electrons. The van der Waals surface area contributed by atoms with Gasteiger partial charge < -0.3 is 9.13 Å². The molecule has 15 aromatic rings. The van der Waals surface area contributed by atoms with Crippen LogP contribution >= 0.6 is 0 Å². The first kappa shape index (κ1) is 48.2. The lowest BCUT2D eigenvalue weighted by Crippen LogP contribution is -2.50. The van der Waals surface area contributed by atoms with Crippen molar-refractivity contribution in [2.45, 2.75) is 29.8 Å². The second kappa shape index (κ2) is 17.7. The molecule has 87 heavy (non-hydrogen) atoms. The Morgan fingerprint density at radius 1 is 0.207 bits per heavy atom. The Morgan fingerprint density at radius 3 is 0.828 bits per heavy atom. The third-order valence-corrected chi connectivity index (χ3v) is 34.3. The minimum absolute atomic E-state index is 1.17. The van der Waals surface area contributed by atoms with E-state index in [1.54, 1.807) is 32.6 Å². The van der Waals surface area contributed by atoms with E-state index in [2.05, 4.69) is 288 Å². The van der Waals surface area contributed by atoms with Crippen molar-refractivity contribution in [2.75, 3.05) is 0 Å². The third kappa shape index (κ3) is 6.69. The zero-order valence-electron chi connectivity index (χ0n) is 48.0. The minimum atomic E-state index is -2.33. The third-order valence-electron chi connectivity index (χ3n) is 21.3. The average Bonchev–Trinajstić information content (AvgIpc) is 1.63. The highest BCUT2D eigenvalue weighted by atomic mass is 28.4. The highest BCUT2D eigenvalue weighted by molar-refractivity contribution is 7.15. The molecule has 0 fully saturated rings. The molecule has 2 spiro atoms. The van der Waals surface area contributed by atoms with Crippen molar-refractivity contribution < 1.29 is 0 Å². The second-order valence-corrected chi connectivity index (χ2v) is 34.7. The van der Waals surface area contributed by atoms with E-state index in [9.17, 15) is 0 Å². The van der Waals surface area contributed by atoms with Crippen molar-refractivity contribution in [3.05, 3.63) is 301 Å². The van der Waals surface area contributed by atoms with Crippen LogP contribution in [0.25, 0.3) is 144 Å². The summed E-state index contributed by atoms with van der Waals surface area (Å²) in [5.41, 5.74) is 36.5. The maximum absolute atomic E-state index is 2.77. The Bertz CT molecular complexity index is 5290. The van der Waals surface area contributed by atoms with Gasteiger partial charge in [-0.1, -0.05) is 247 Å². The number of aromatic nitrogens is 2. The van der Waals surface area contributed by atoms with E-state index in [0.717, 1.165) is 0 Å². The molecular formula is C83H56N2Si2. The Morgan fingerprint density at radius 2 is 0.471 bits per heavy atom. The van der Waals surface area contributed by atoms with Crippen molar-refractivity contribution >= 4 is 70.1 Å². The molecule has 0 bridgehead atoms. The molecule has 5 heterocycles. The van der Waals surface area contributed by atoms with E-state index >= 15 is 0 Å². The summed E-state index contributed by atoms with van der Waals surface area (Å²) in [6.07, 6.45) is 0. The van der Waals surface area contributed by atoms with Gasteiger partial charge >= 0.3 is 0 Å². The zero-order chi connectivity index (χ0) is 56.7. The average molecular weight is 1140 g/mol. The highest BCUT2D eigenvalue weighted by Crippen LogP contribution is 2.54. The monoisotopic (exact) mass is 1140 g/mol. The summed E-state index contributed by atoms with van der Waals surface area (Å²) < 4.78 is 5.08. The van der Waals surface area contributed by atoms with Crippen LogP contribution in [0.15, 0.2) is 279 Å². The van der Waals surface area contributed by atoms with E-state index in [0.29, 0.717) is 0 Å². The molecule has 13 aromatic carbocycles. The second-order valence-electron chi connectivity index (χ2n) is 25.7. The SMILES string of the molecule is c1ccc2c(c1)-c1ccccc1-c1cc3c(cc1-c1ccccc1-2)C[Si]1(C3)C[Si]2(Cc3cc4c(cc3C2)-c2ccccc2-c2ccccc2-c2ccccc2-4)c2cc(-n3c4ccccc4c4cc(-n5c6ccccc6c6ccccc65)ccc43)ccc21. The predicted molar refractivity (Wildman–Crippen MR) is 369 cm³/mol. The lowest BCUT2D eigenvalue weighted by molar-refractivity contribution is 1.17. The summed E-state index contributed by atoms with van der Waals surface area (Å²) in [4.78, 5) is 0. The van der Waals surface area contributed by atoms with E-state index < -0.39 is 16.1 Å². The first-order chi connectivity index (χ1) is 43.0. The van der Waals surface area contributed by atoms with Crippen LogP contribution in [0.5, 0.6) is 0 Å². The maximum atomic E-state index is 2.77. The quantitative estimate of drug-likeness (QED) is 0.153. The van der Waals surface area contributed by atoms with E-state index in [4.69, 9.17) is 0 Å². The van der Waals surface area contributed by atoms with E-state index in [-0.39, 0.29) is 0 Å². The van der Waals surface area contributed by atoms with Crippen LogP contribution in [0.4, 0.5) is 0 Å². The number of rotatable bonds is 2. The van der Waals surface area contributed by atoms with Gasteiger partial charge in [-0.2, -0.15) is 0 Å². The summed E-state index contributed by atoms with van der Waals surface area (Å²) in [6, 6.07) is 113. The molecular weight excluding hydrogens is 1080 g/mol. The first-order valence-corrected chi connectivity index (χ1v) is 36.4. The maximum Gasteiger partial charge on any atom is 0.0930 e. The van der Waals surface area contributed by atoms with Gasteiger partial charge in [0.2, 0.25) is 0 Å². The number of hydrogen-bond acceptors (Lipinski definition) is 0. The van der Waals surface area contributed by atoms with E-state index in [1.165, 1.54) is 174 Å². The number of benzene rings is 13. The van der Waals surface area contributed by atoms with Gasteiger partial charge in [0.25, 0.3) is 0 Å². The molecule has 0 saturated heterocycles. The lowest BCUT2D eigenvalue weighted by atomic mass is 9.80. The fraction of sp³-hybridized carbons (Fsp3) is 0.0602. The van der Waals surface area contributed by atoms with Crippen LogP contribution in [0, 0.1) is 0 Å². The Balaban J connectivity index is 0.788. The van der Waals surface area contributed by atoms with Crippen molar-refractivity contribution in [3.63, 3.8) is 0 Å². The molecule has 2 aromatic heterocycles. The number of fused-ring (bicyclic) bond motifs is 27. The first-order valence-electron chi connectivity index (χ1n) is 31.1. The molecule has 2 nitrogen and oxygen atoms in total. The standard InChI is InChI=1S/C83H56N2Si2/c1-2-20-59-58(19-1)62-23-5-9-27-66(62)73-41-52-47-86(48-53(52)42-74(73)67-28-10-6-24-63(59)67)51-87(49-54-43-75-68-29-11-7-25-64(68)60-21-3-4-22-61(60)65-26-8-12-30-69(65)76(75)44-55(54)50-87)83-46-57(38-40-82(83)86)85-80-36-18-15-33-72(80)77-45-56(37-39-81(77)85)84-78-34-16-13-31-70(78)71-32-14-17-35-79(71)84/h1-46H,47-51H2. The van der Waals surface area contributed by atoms with Crippen molar-refractivity contribution in [3.8, 4) is 100 Å². The van der Waals surface area contributed by atoms with Crippen LogP contribution in [0.3, 0.4) is 0 Å². The van der Waals surface area contributed by atoms with Gasteiger partial charge in [-0.15, -0.1) is 0 Å². The molecule has 4 heteroatoms.